The quantitative estimate of drug-likeness (QED) is 0.787. The van der Waals surface area contributed by atoms with Crippen LogP contribution < -0.4 is 4.72 Å². The Balaban J connectivity index is 2.00. The predicted octanol–water partition coefficient (Wildman–Crippen LogP) is 2.44. The predicted molar refractivity (Wildman–Crippen MR) is 84.1 cm³/mol. The van der Waals surface area contributed by atoms with Crippen molar-refractivity contribution in [3.8, 4) is 0 Å². The van der Waals surface area contributed by atoms with E-state index >= 15 is 0 Å². The highest BCUT2D eigenvalue weighted by Gasteiger charge is 2.30. The van der Waals surface area contributed by atoms with Gasteiger partial charge in [0.1, 0.15) is 0 Å². The molecule has 2 rings (SSSR count). The van der Waals surface area contributed by atoms with Crippen LogP contribution in [0.25, 0.3) is 0 Å². The Morgan fingerprint density at radius 2 is 1.76 bits per heavy atom. The zero-order valence-corrected chi connectivity index (χ0v) is 13.6. The molecule has 1 saturated carbocycles. The molecule has 0 aromatic heterocycles. The first-order valence-electron chi connectivity index (χ1n) is 7.32. The maximum atomic E-state index is 12.2. The van der Waals surface area contributed by atoms with Gasteiger partial charge < -0.3 is 5.11 Å². The van der Waals surface area contributed by atoms with Gasteiger partial charge in [0.05, 0.1) is 10.5 Å². The molecule has 1 fully saturated rings. The van der Waals surface area contributed by atoms with Crippen LogP contribution in [0, 0.1) is 0 Å². The van der Waals surface area contributed by atoms with Crippen molar-refractivity contribution < 1.29 is 13.5 Å². The number of hydrogen-bond donors (Lipinski definition) is 2. The lowest BCUT2D eigenvalue weighted by molar-refractivity contribution is 0.00945. The third kappa shape index (κ3) is 4.68. The van der Waals surface area contributed by atoms with E-state index < -0.39 is 15.6 Å². The summed E-state index contributed by atoms with van der Waals surface area (Å²) in [5.41, 5.74) is 0.110. The van der Waals surface area contributed by atoms with Gasteiger partial charge in [-0.05, 0) is 37.0 Å². The lowest BCUT2D eigenvalue weighted by Gasteiger charge is -2.32. The molecule has 1 aliphatic carbocycles. The van der Waals surface area contributed by atoms with Crippen LogP contribution in [-0.2, 0) is 16.4 Å². The second-order valence-corrected chi connectivity index (χ2v) is 7.84. The summed E-state index contributed by atoms with van der Waals surface area (Å²) in [6.07, 6.45) is 5.04. The average molecular weight is 332 g/mol. The number of alkyl halides is 1. The molecule has 0 bridgehead atoms. The van der Waals surface area contributed by atoms with Crippen LogP contribution in [-0.4, -0.2) is 31.6 Å². The molecular formula is C15H22ClNO3S. The minimum absolute atomic E-state index is 0.0821. The van der Waals surface area contributed by atoms with Crippen LogP contribution in [0.2, 0.25) is 0 Å². The molecule has 0 spiro atoms. The van der Waals surface area contributed by atoms with Crippen LogP contribution in [0.4, 0.5) is 0 Å². The van der Waals surface area contributed by atoms with Gasteiger partial charge in [-0.25, -0.2) is 13.1 Å². The molecular weight excluding hydrogens is 310 g/mol. The molecule has 0 atom stereocenters. The van der Waals surface area contributed by atoms with Gasteiger partial charge in [-0.2, -0.15) is 0 Å². The molecule has 1 aromatic rings. The van der Waals surface area contributed by atoms with Crippen LogP contribution in [0.5, 0.6) is 0 Å². The van der Waals surface area contributed by atoms with Crippen molar-refractivity contribution in [2.45, 2.75) is 49.0 Å². The first-order chi connectivity index (χ1) is 9.95. The van der Waals surface area contributed by atoms with Gasteiger partial charge in [0.15, 0.2) is 0 Å². The number of halogens is 1. The third-order valence-electron chi connectivity index (χ3n) is 3.99. The number of nitrogens with one attached hydrogen (secondary N) is 1. The largest absolute Gasteiger partial charge is 0.389 e. The zero-order valence-electron chi connectivity index (χ0n) is 12.0. The van der Waals surface area contributed by atoms with Crippen LogP contribution in [0.15, 0.2) is 29.2 Å². The lowest BCUT2D eigenvalue weighted by Crippen LogP contribution is -2.44. The molecule has 1 aromatic carbocycles. The second-order valence-electron chi connectivity index (χ2n) is 5.69. The van der Waals surface area contributed by atoms with Crippen molar-refractivity contribution >= 4 is 21.6 Å². The number of aryl methyl sites for hydroxylation is 1. The minimum Gasteiger partial charge on any atom is -0.389 e. The van der Waals surface area contributed by atoms with Crippen molar-refractivity contribution in [2.24, 2.45) is 0 Å². The van der Waals surface area contributed by atoms with Gasteiger partial charge >= 0.3 is 0 Å². The Bertz CT molecular complexity index is 551. The second kappa shape index (κ2) is 7.09. The highest BCUT2D eigenvalue weighted by Crippen LogP contribution is 2.27. The number of rotatable bonds is 6. The molecule has 2 N–H and O–H groups in total. The van der Waals surface area contributed by atoms with Gasteiger partial charge in [-0.1, -0.05) is 31.4 Å². The van der Waals surface area contributed by atoms with E-state index in [-0.39, 0.29) is 11.4 Å². The molecule has 21 heavy (non-hydrogen) atoms. The molecule has 118 valence electrons. The molecule has 4 nitrogen and oxygen atoms in total. The molecule has 0 amide bonds. The first-order valence-corrected chi connectivity index (χ1v) is 9.34. The molecule has 0 heterocycles. The van der Waals surface area contributed by atoms with E-state index in [1.54, 1.807) is 24.3 Å². The fraction of sp³-hybridized carbons (Fsp3) is 0.600. The Hall–Kier alpha value is -0.620. The highest BCUT2D eigenvalue weighted by atomic mass is 35.5. The van der Waals surface area contributed by atoms with Gasteiger partial charge in [-0.3, -0.25) is 0 Å². The summed E-state index contributed by atoms with van der Waals surface area (Å²) in [4.78, 5) is 0.222. The van der Waals surface area contributed by atoms with Crippen molar-refractivity contribution in [3.05, 3.63) is 29.8 Å². The molecule has 0 aliphatic heterocycles. The van der Waals surface area contributed by atoms with Crippen molar-refractivity contribution in [3.63, 3.8) is 0 Å². The summed E-state index contributed by atoms with van der Waals surface area (Å²) >= 11 is 5.66. The Morgan fingerprint density at radius 1 is 1.14 bits per heavy atom. The lowest BCUT2D eigenvalue weighted by atomic mass is 9.85. The van der Waals surface area contributed by atoms with Gasteiger partial charge in [-0.15, -0.1) is 11.6 Å². The number of aliphatic hydroxyl groups is 1. The number of hydrogen-bond acceptors (Lipinski definition) is 3. The van der Waals surface area contributed by atoms with E-state index in [1.165, 1.54) is 0 Å². The summed E-state index contributed by atoms with van der Waals surface area (Å²) in [6.45, 7) is 0.0821. The van der Waals surface area contributed by atoms with Gasteiger partial charge in [0.2, 0.25) is 10.0 Å². The monoisotopic (exact) mass is 331 g/mol. The number of benzene rings is 1. The normalized spacial score (nSPS) is 18.6. The highest BCUT2D eigenvalue weighted by molar-refractivity contribution is 7.89. The van der Waals surface area contributed by atoms with Crippen molar-refractivity contribution in [2.75, 3.05) is 12.4 Å². The topological polar surface area (TPSA) is 66.4 Å². The van der Waals surface area contributed by atoms with Crippen molar-refractivity contribution in [1.29, 1.82) is 0 Å². The van der Waals surface area contributed by atoms with Crippen LogP contribution in [0.3, 0.4) is 0 Å². The standard InChI is InChI=1S/C15H22ClNO3S/c16-11-8-13-4-6-14(7-5-13)21(19,20)17-12-15(18)9-2-1-3-10-15/h4-7,17-18H,1-3,8-12H2. The SMILES string of the molecule is O=S(=O)(NCC1(O)CCCCC1)c1ccc(CCCl)cc1. The summed E-state index contributed by atoms with van der Waals surface area (Å²) < 4.78 is 27.0. The molecule has 1 aliphatic rings. The van der Waals surface area contributed by atoms with Crippen LogP contribution in [0.1, 0.15) is 37.7 Å². The van der Waals surface area contributed by atoms with E-state index in [1.807, 2.05) is 0 Å². The summed E-state index contributed by atoms with van der Waals surface area (Å²) in [5.74, 6) is 0.511. The van der Waals surface area contributed by atoms with E-state index in [0.717, 1.165) is 31.2 Å². The third-order valence-corrected chi connectivity index (χ3v) is 5.60. The average Bonchev–Trinajstić information content (AvgIpc) is 2.47. The first kappa shape index (κ1) is 16.7. The molecule has 6 heteroatoms. The smallest absolute Gasteiger partial charge is 0.240 e. The van der Waals surface area contributed by atoms with Crippen LogP contribution >= 0.6 is 11.6 Å². The Labute approximate surface area is 131 Å². The molecule has 0 radical (unpaired) electrons. The Morgan fingerprint density at radius 3 is 2.33 bits per heavy atom. The van der Waals surface area contributed by atoms with E-state index in [2.05, 4.69) is 4.72 Å². The summed E-state index contributed by atoms with van der Waals surface area (Å²) in [6, 6.07) is 6.70. The Kier molecular flexibility index (Phi) is 5.66. The zero-order chi connectivity index (χ0) is 15.3. The van der Waals surface area contributed by atoms with Crippen molar-refractivity contribution in [1.82, 2.24) is 4.72 Å². The summed E-state index contributed by atoms with van der Waals surface area (Å²) in [7, 11) is -3.57. The maximum Gasteiger partial charge on any atom is 0.240 e. The molecule has 0 unspecified atom stereocenters. The van der Waals surface area contributed by atoms with Gasteiger partial charge in [0.25, 0.3) is 0 Å². The minimum atomic E-state index is -3.57. The van der Waals surface area contributed by atoms with E-state index in [0.29, 0.717) is 18.7 Å². The molecule has 0 saturated heterocycles. The maximum absolute atomic E-state index is 12.2. The number of sulfonamides is 1. The van der Waals surface area contributed by atoms with Gasteiger partial charge in [0, 0.05) is 12.4 Å². The fourth-order valence-corrected chi connectivity index (χ4v) is 3.98. The van der Waals surface area contributed by atoms with E-state index in [9.17, 15) is 13.5 Å². The fourth-order valence-electron chi connectivity index (χ4n) is 2.64. The summed E-state index contributed by atoms with van der Waals surface area (Å²) in [5, 5.41) is 10.4. The van der Waals surface area contributed by atoms with E-state index in [4.69, 9.17) is 11.6 Å².